The van der Waals surface area contributed by atoms with E-state index in [1.165, 1.54) is 0 Å². The standard InChI is InChI=1S/C16H27N5O3.HI/c1-6-11-7-13(24-20-11)8-18-14(17-5)19-12-9-21(10-12)15(22)23-16(2,3)4;/h7,12H,6,8-10H2,1-5H3,(H2,17,18,19);1H. The number of carbonyl (C=O) groups excluding carboxylic acids is 1. The second-order valence-electron chi connectivity index (χ2n) is 6.79. The molecule has 0 bridgehead atoms. The molecular weight excluding hydrogens is 437 g/mol. The topological polar surface area (TPSA) is 92.0 Å². The van der Waals surface area contributed by atoms with Gasteiger partial charge in [0.15, 0.2) is 11.7 Å². The van der Waals surface area contributed by atoms with E-state index in [1.54, 1.807) is 11.9 Å². The zero-order valence-electron chi connectivity index (χ0n) is 15.5. The molecule has 2 rings (SSSR count). The summed E-state index contributed by atoms with van der Waals surface area (Å²) in [5, 5.41) is 10.4. The highest BCUT2D eigenvalue weighted by molar-refractivity contribution is 14.0. The number of aliphatic imine (C=N–C) groups is 1. The highest BCUT2D eigenvalue weighted by Crippen LogP contribution is 2.15. The summed E-state index contributed by atoms with van der Waals surface area (Å²) in [6.45, 7) is 9.31. The molecule has 8 nitrogen and oxygen atoms in total. The van der Waals surface area contributed by atoms with Gasteiger partial charge in [-0.05, 0) is 27.2 Å². The van der Waals surface area contributed by atoms with Gasteiger partial charge in [-0.15, -0.1) is 24.0 Å². The quantitative estimate of drug-likeness (QED) is 0.402. The van der Waals surface area contributed by atoms with Crippen LogP contribution >= 0.6 is 24.0 Å². The number of rotatable bonds is 4. The van der Waals surface area contributed by atoms with E-state index in [0.29, 0.717) is 25.6 Å². The Balaban J connectivity index is 0.00000312. The maximum atomic E-state index is 11.9. The molecule has 0 saturated carbocycles. The predicted molar refractivity (Wildman–Crippen MR) is 106 cm³/mol. The first-order valence-corrected chi connectivity index (χ1v) is 8.20. The number of carbonyl (C=O) groups is 1. The van der Waals surface area contributed by atoms with Crippen LogP contribution in [0.3, 0.4) is 0 Å². The fraction of sp³-hybridized carbons (Fsp3) is 0.688. The number of halogens is 1. The Morgan fingerprint density at radius 2 is 2.16 bits per heavy atom. The predicted octanol–water partition coefficient (Wildman–Crippen LogP) is 2.14. The summed E-state index contributed by atoms with van der Waals surface area (Å²) < 4.78 is 10.6. The van der Waals surface area contributed by atoms with Gasteiger partial charge in [0.2, 0.25) is 0 Å². The number of guanidine groups is 1. The summed E-state index contributed by atoms with van der Waals surface area (Å²) in [6, 6.07) is 2.08. The van der Waals surface area contributed by atoms with Crippen LogP contribution in [0.1, 0.15) is 39.1 Å². The molecule has 1 aromatic rings. The fourth-order valence-corrected chi connectivity index (χ4v) is 2.21. The van der Waals surface area contributed by atoms with E-state index in [0.717, 1.165) is 17.9 Å². The molecule has 1 saturated heterocycles. The molecule has 0 radical (unpaired) electrons. The zero-order chi connectivity index (χ0) is 17.7. The number of aromatic nitrogens is 1. The Labute approximate surface area is 165 Å². The highest BCUT2D eigenvalue weighted by Gasteiger charge is 2.34. The van der Waals surface area contributed by atoms with Crippen molar-refractivity contribution in [3.63, 3.8) is 0 Å². The Bertz CT molecular complexity index is 591. The third-order valence-corrected chi connectivity index (χ3v) is 3.50. The van der Waals surface area contributed by atoms with Gasteiger partial charge in [-0.25, -0.2) is 4.79 Å². The van der Waals surface area contributed by atoms with Gasteiger partial charge in [-0.2, -0.15) is 0 Å². The van der Waals surface area contributed by atoms with Gasteiger partial charge < -0.3 is 24.8 Å². The molecular formula is C16H28IN5O3. The third kappa shape index (κ3) is 6.71. The molecule has 25 heavy (non-hydrogen) atoms. The zero-order valence-corrected chi connectivity index (χ0v) is 17.8. The van der Waals surface area contributed by atoms with Gasteiger partial charge in [0.25, 0.3) is 0 Å². The summed E-state index contributed by atoms with van der Waals surface area (Å²) in [5.74, 6) is 1.43. The summed E-state index contributed by atoms with van der Waals surface area (Å²) >= 11 is 0. The lowest BCUT2D eigenvalue weighted by Gasteiger charge is -2.40. The molecule has 1 fully saturated rings. The number of likely N-dealkylation sites (tertiary alicyclic amines) is 1. The molecule has 0 atom stereocenters. The second kappa shape index (κ2) is 9.25. The molecule has 142 valence electrons. The molecule has 0 unspecified atom stereocenters. The number of hydrogen-bond donors (Lipinski definition) is 2. The van der Waals surface area contributed by atoms with Crippen molar-refractivity contribution >= 4 is 36.0 Å². The van der Waals surface area contributed by atoms with Crippen LogP contribution in [0.2, 0.25) is 0 Å². The Morgan fingerprint density at radius 3 is 2.68 bits per heavy atom. The molecule has 9 heteroatoms. The minimum absolute atomic E-state index is 0. The summed E-state index contributed by atoms with van der Waals surface area (Å²) in [5.41, 5.74) is 0.462. The number of ether oxygens (including phenoxy) is 1. The molecule has 1 aliphatic heterocycles. The largest absolute Gasteiger partial charge is 0.444 e. The first-order chi connectivity index (χ1) is 11.3. The Kier molecular flexibility index (Phi) is 7.97. The summed E-state index contributed by atoms with van der Waals surface area (Å²) in [6.07, 6.45) is 0.566. The van der Waals surface area contributed by atoms with Crippen molar-refractivity contribution in [1.82, 2.24) is 20.7 Å². The second-order valence-corrected chi connectivity index (χ2v) is 6.79. The van der Waals surface area contributed by atoms with Crippen molar-refractivity contribution in [3.05, 3.63) is 17.5 Å². The summed E-state index contributed by atoms with van der Waals surface area (Å²) in [4.78, 5) is 17.7. The van der Waals surface area contributed by atoms with Crippen molar-refractivity contribution in [2.75, 3.05) is 20.1 Å². The first kappa shape index (κ1) is 21.5. The SMILES string of the molecule is CCc1cc(CNC(=NC)NC2CN(C(=O)OC(C)(C)C)C2)on1.I. The molecule has 0 aromatic carbocycles. The van der Waals surface area contributed by atoms with Crippen LogP contribution < -0.4 is 10.6 Å². The summed E-state index contributed by atoms with van der Waals surface area (Å²) in [7, 11) is 1.71. The van der Waals surface area contributed by atoms with Crippen LogP contribution in [0.5, 0.6) is 0 Å². The van der Waals surface area contributed by atoms with Crippen LogP contribution in [0.4, 0.5) is 4.79 Å². The highest BCUT2D eigenvalue weighted by atomic mass is 127. The lowest BCUT2D eigenvalue weighted by atomic mass is 10.1. The molecule has 1 aromatic heterocycles. The van der Waals surface area contributed by atoms with Crippen LogP contribution in [0, 0.1) is 0 Å². The number of nitrogens with zero attached hydrogens (tertiary/aromatic N) is 3. The van der Waals surface area contributed by atoms with Crippen molar-refractivity contribution in [2.45, 2.75) is 52.3 Å². The molecule has 1 aliphatic rings. The Hall–Kier alpha value is -1.52. The molecule has 0 spiro atoms. The van der Waals surface area contributed by atoms with Crippen LogP contribution in [0.25, 0.3) is 0 Å². The number of aryl methyl sites for hydroxylation is 1. The lowest BCUT2D eigenvalue weighted by Crippen LogP contribution is -2.63. The van der Waals surface area contributed by atoms with E-state index >= 15 is 0 Å². The third-order valence-electron chi connectivity index (χ3n) is 3.50. The van der Waals surface area contributed by atoms with E-state index in [-0.39, 0.29) is 36.1 Å². The van der Waals surface area contributed by atoms with Gasteiger partial charge in [0.05, 0.1) is 18.3 Å². The van der Waals surface area contributed by atoms with Crippen molar-refractivity contribution in [3.8, 4) is 0 Å². The van der Waals surface area contributed by atoms with Crippen LogP contribution in [0.15, 0.2) is 15.6 Å². The van der Waals surface area contributed by atoms with Crippen molar-refractivity contribution < 1.29 is 14.1 Å². The Morgan fingerprint density at radius 1 is 1.48 bits per heavy atom. The minimum atomic E-state index is -0.471. The number of nitrogens with one attached hydrogen (secondary N) is 2. The smallest absolute Gasteiger partial charge is 0.410 e. The van der Waals surface area contributed by atoms with E-state index in [4.69, 9.17) is 9.26 Å². The molecule has 2 N–H and O–H groups in total. The normalized spacial score (nSPS) is 15.2. The average Bonchev–Trinajstić information content (AvgIpc) is 2.91. The van der Waals surface area contributed by atoms with Crippen molar-refractivity contribution in [1.29, 1.82) is 0 Å². The van der Waals surface area contributed by atoms with Gasteiger partial charge in [-0.1, -0.05) is 12.1 Å². The number of hydrogen-bond acceptors (Lipinski definition) is 5. The number of amides is 1. The van der Waals surface area contributed by atoms with E-state index in [2.05, 4.69) is 20.8 Å². The van der Waals surface area contributed by atoms with E-state index < -0.39 is 5.60 Å². The first-order valence-electron chi connectivity index (χ1n) is 8.20. The monoisotopic (exact) mass is 465 g/mol. The van der Waals surface area contributed by atoms with Crippen LogP contribution in [-0.2, 0) is 17.7 Å². The van der Waals surface area contributed by atoms with Crippen LogP contribution in [-0.4, -0.2) is 53.9 Å². The van der Waals surface area contributed by atoms with Gasteiger partial charge in [0.1, 0.15) is 5.60 Å². The lowest BCUT2D eigenvalue weighted by molar-refractivity contribution is 0.00701. The average molecular weight is 465 g/mol. The van der Waals surface area contributed by atoms with E-state index in [9.17, 15) is 4.79 Å². The maximum Gasteiger partial charge on any atom is 0.410 e. The maximum absolute atomic E-state index is 11.9. The minimum Gasteiger partial charge on any atom is -0.444 e. The molecule has 2 heterocycles. The van der Waals surface area contributed by atoms with Gasteiger partial charge in [0, 0.05) is 26.2 Å². The molecule has 0 aliphatic carbocycles. The fourth-order valence-electron chi connectivity index (χ4n) is 2.21. The van der Waals surface area contributed by atoms with Gasteiger partial charge in [-0.3, -0.25) is 4.99 Å². The van der Waals surface area contributed by atoms with Gasteiger partial charge >= 0.3 is 6.09 Å². The molecule has 1 amide bonds. The van der Waals surface area contributed by atoms with E-state index in [1.807, 2.05) is 33.8 Å². The van der Waals surface area contributed by atoms with Crippen molar-refractivity contribution in [2.24, 2.45) is 4.99 Å².